The van der Waals surface area contributed by atoms with Crippen molar-refractivity contribution in [3.05, 3.63) is 33.3 Å². The van der Waals surface area contributed by atoms with Crippen LogP contribution in [0.3, 0.4) is 0 Å². The Labute approximate surface area is 104 Å². The summed E-state index contributed by atoms with van der Waals surface area (Å²) >= 11 is 9.76. The van der Waals surface area contributed by atoms with E-state index in [1.807, 2.05) is 12.1 Å². The lowest BCUT2D eigenvalue weighted by molar-refractivity contribution is 0.349. The van der Waals surface area contributed by atoms with Crippen LogP contribution < -0.4 is 5.32 Å². The van der Waals surface area contributed by atoms with Gasteiger partial charge < -0.3 is 5.32 Å². The van der Waals surface area contributed by atoms with Gasteiger partial charge in [-0.25, -0.2) is 0 Å². The number of halogens is 2. The quantitative estimate of drug-likeness (QED) is 0.828. The highest BCUT2D eigenvalue weighted by molar-refractivity contribution is 9.10. The number of benzene rings is 1. The fourth-order valence-electron chi connectivity index (χ4n) is 2.27. The van der Waals surface area contributed by atoms with Gasteiger partial charge in [0.15, 0.2) is 0 Å². The maximum Gasteiger partial charge on any atom is 0.0441 e. The average molecular weight is 289 g/mol. The van der Waals surface area contributed by atoms with Gasteiger partial charge in [-0.05, 0) is 55.1 Å². The molecule has 1 heterocycles. The van der Waals surface area contributed by atoms with E-state index >= 15 is 0 Å². The molecule has 1 aliphatic heterocycles. The van der Waals surface area contributed by atoms with Gasteiger partial charge in [0.05, 0.1) is 0 Å². The molecule has 3 heteroatoms. The third-order valence-corrected chi connectivity index (χ3v) is 3.98. The van der Waals surface area contributed by atoms with Gasteiger partial charge in [0.1, 0.15) is 0 Å². The largest absolute Gasteiger partial charge is 0.316 e. The van der Waals surface area contributed by atoms with Crippen LogP contribution >= 0.6 is 27.5 Å². The highest BCUT2D eigenvalue weighted by Gasteiger charge is 2.24. The van der Waals surface area contributed by atoms with E-state index in [2.05, 4.69) is 34.2 Å². The van der Waals surface area contributed by atoms with Crippen molar-refractivity contribution < 1.29 is 0 Å². The molecule has 0 radical (unpaired) electrons. The Balaban J connectivity index is 2.30. The highest BCUT2D eigenvalue weighted by atomic mass is 79.9. The lowest BCUT2D eigenvalue weighted by atomic mass is 9.82. The first-order chi connectivity index (χ1) is 7.18. The van der Waals surface area contributed by atoms with Crippen molar-refractivity contribution >= 4 is 27.5 Å². The van der Waals surface area contributed by atoms with Crippen LogP contribution in [0.1, 0.15) is 24.8 Å². The molecule has 82 valence electrons. The third kappa shape index (κ3) is 2.55. The number of rotatable bonds is 1. The monoisotopic (exact) mass is 287 g/mol. The van der Waals surface area contributed by atoms with Crippen LogP contribution in [0.2, 0.25) is 5.02 Å². The van der Waals surface area contributed by atoms with Crippen molar-refractivity contribution in [2.75, 3.05) is 13.1 Å². The minimum atomic E-state index is 0.594. The van der Waals surface area contributed by atoms with Crippen LogP contribution in [0, 0.1) is 5.92 Å². The molecule has 0 bridgehead atoms. The zero-order valence-corrected chi connectivity index (χ0v) is 11.1. The molecule has 0 aliphatic carbocycles. The minimum absolute atomic E-state index is 0.594. The zero-order chi connectivity index (χ0) is 10.8. The van der Waals surface area contributed by atoms with Gasteiger partial charge in [0.2, 0.25) is 0 Å². The summed E-state index contributed by atoms with van der Waals surface area (Å²) in [5.41, 5.74) is 1.29. The number of hydrogen-bond donors (Lipinski definition) is 1. The van der Waals surface area contributed by atoms with E-state index in [1.165, 1.54) is 12.0 Å². The van der Waals surface area contributed by atoms with Crippen molar-refractivity contribution in [2.24, 2.45) is 5.92 Å². The topological polar surface area (TPSA) is 12.0 Å². The fraction of sp³-hybridized carbons (Fsp3) is 0.500. The van der Waals surface area contributed by atoms with E-state index in [-0.39, 0.29) is 0 Å². The molecule has 15 heavy (non-hydrogen) atoms. The molecule has 0 spiro atoms. The van der Waals surface area contributed by atoms with Crippen molar-refractivity contribution in [3.63, 3.8) is 0 Å². The molecule has 2 rings (SSSR count). The molecule has 2 unspecified atom stereocenters. The van der Waals surface area contributed by atoms with Gasteiger partial charge in [0.25, 0.3) is 0 Å². The van der Waals surface area contributed by atoms with Gasteiger partial charge in [0, 0.05) is 9.50 Å². The van der Waals surface area contributed by atoms with Crippen molar-refractivity contribution in [3.8, 4) is 0 Å². The first kappa shape index (κ1) is 11.4. The van der Waals surface area contributed by atoms with Crippen LogP contribution in [-0.2, 0) is 0 Å². The second-order valence-electron chi connectivity index (χ2n) is 4.24. The van der Waals surface area contributed by atoms with Gasteiger partial charge in [-0.1, -0.05) is 34.5 Å². The van der Waals surface area contributed by atoms with Crippen molar-refractivity contribution in [1.82, 2.24) is 5.32 Å². The maximum atomic E-state index is 6.25. The summed E-state index contributed by atoms with van der Waals surface area (Å²) in [6, 6.07) is 6.14. The Morgan fingerprint density at radius 3 is 3.00 bits per heavy atom. The van der Waals surface area contributed by atoms with Crippen LogP contribution in [0.15, 0.2) is 22.7 Å². The number of piperidine rings is 1. The molecule has 1 fully saturated rings. The van der Waals surface area contributed by atoms with Crippen molar-refractivity contribution in [2.45, 2.75) is 19.3 Å². The first-order valence-electron chi connectivity index (χ1n) is 5.34. The summed E-state index contributed by atoms with van der Waals surface area (Å²) in [4.78, 5) is 0. The summed E-state index contributed by atoms with van der Waals surface area (Å²) in [5, 5.41) is 4.31. The molecule has 0 amide bonds. The van der Waals surface area contributed by atoms with Gasteiger partial charge in [-0.2, -0.15) is 0 Å². The van der Waals surface area contributed by atoms with Gasteiger partial charge >= 0.3 is 0 Å². The van der Waals surface area contributed by atoms with Crippen LogP contribution in [0.25, 0.3) is 0 Å². The molecule has 1 saturated heterocycles. The lowest BCUT2D eigenvalue weighted by Gasteiger charge is -2.30. The van der Waals surface area contributed by atoms with E-state index in [9.17, 15) is 0 Å². The maximum absolute atomic E-state index is 6.25. The van der Waals surface area contributed by atoms with Crippen LogP contribution in [0.4, 0.5) is 0 Å². The predicted octanol–water partition coefficient (Wildman–Crippen LogP) is 3.82. The molecule has 1 N–H and O–H groups in total. The average Bonchev–Trinajstić information content (AvgIpc) is 2.23. The highest BCUT2D eigenvalue weighted by Crippen LogP contribution is 2.35. The number of hydrogen-bond acceptors (Lipinski definition) is 1. The third-order valence-electron chi connectivity index (χ3n) is 3.14. The Bertz CT molecular complexity index is 353. The molecule has 1 nitrogen and oxygen atoms in total. The van der Waals surface area contributed by atoms with Crippen molar-refractivity contribution in [1.29, 1.82) is 0 Å². The SMILES string of the molecule is CC1CNCCC1c1cc(Br)ccc1Cl. The summed E-state index contributed by atoms with van der Waals surface area (Å²) in [5.74, 6) is 1.25. The summed E-state index contributed by atoms with van der Waals surface area (Å²) < 4.78 is 1.12. The van der Waals surface area contributed by atoms with E-state index in [0.29, 0.717) is 11.8 Å². The molecule has 1 aromatic carbocycles. The molecule has 1 aromatic rings. The van der Waals surface area contributed by atoms with Gasteiger partial charge in [-0.3, -0.25) is 0 Å². The van der Waals surface area contributed by atoms with E-state index in [0.717, 1.165) is 22.6 Å². The molecular formula is C12H15BrClN. The summed E-state index contributed by atoms with van der Waals surface area (Å²) in [7, 11) is 0. The number of nitrogens with one attached hydrogen (secondary N) is 1. The molecule has 0 aromatic heterocycles. The smallest absolute Gasteiger partial charge is 0.0441 e. The zero-order valence-electron chi connectivity index (χ0n) is 8.76. The second kappa shape index (κ2) is 4.86. The summed E-state index contributed by atoms with van der Waals surface area (Å²) in [6.45, 7) is 4.47. The predicted molar refractivity (Wildman–Crippen MR) is 68.5 cm³/mol. The van der Waals surface area contributed by atoms with E-state index in [1.54, 1.807) is 0 Å². The Morgan fingerprint density at radius 2 is 2.27 bits per heavy atom. The second-order valence-corrected chi connectivity index (χ2v) is 5.57. The standard InChI is InChI=1S/C12H15BrClN/c1-8-7-15-5-4-10(8)11-6-9(13)2-3-12(11)14/h2-3,6,8,10,15H,4-5,7H2,1H3. The fourth-order valence-corrected chi connectivity index (χ4v) is 2.91. The van der Waals surface area contributed by atoms with E-state index in [4.69, 9.17) is 11.6 Å². The first-order valence-corrected chi connectivity index (χ1v) is 6.51. The van der Waals surface area contributed by atoms with E-state index < -0.39 is 0 Å². The molecular weight excluding hydrogens is 273 g/mol. The van der Waals surface area contributed by atoms with Gasteiger partial charge in [-0.15, -0.1) is 0 Å². The molecule has 2 atom stereocenters. The Hall–Kier alpha value is -0.0500. The van der Waals surface area contributed by atoms with Crippen LogP contribution in [0.5, 0.6) is 0 Å². The molecule has 0 saturated carbocycles. The Kier molecular flexibility index (Phi) is 3.70. The lowest BCUT2D eigenvalue weighted by Crippen LogP contribution is -2.33. The summed E-state index contributed by atoms with van der Waals surface area (Å²) in [6.07, 6.45) is 1.18. The minimum Gasteiger partial charge on any atom is -0.316 e. The van der Waals surface area contributed by atoms with Crippen LogP contribution in [-0.4, -0.2) is 13.1 Å². The molecule has 1 aliphatic rings. The Morgan fingerprint density at radius 1 is 1.47 bits per heavy atom. The normalized spacial score (nSPS) is 26.6.